The van der Waals surface area contributed by atoms with Gasteiger partial charge in [-0.2, -0.15) is 5.26 Å². The quantitative estimate of drug-likeness (QED) is 0.884. The van der Waals surface area contributed by atoms with Gasteiger partial charge in [0, 0.05) is 31.9 Å². The highest BCUT2D eigenvalue weighted by atomic mass is 16.5. The van der Waals surface area contributed by atoms with E-state index in [0.717, 1.165) is 31.9 Å². The van der Waals surface area contributed by atoms with Gasteiger partial charge in [0.25, 0.3) is 0 Å². The van der Waals surface area contributed by atoms with E-state index >= 15 is 0 Å². The van der Waals surface area contributed by atoms with Gasteiger partial charge >= 0.3 is 0 Å². The van der Waals surface area contributed by atoms with E-state index in [1.807, 2.05) is 13.0 Å². The standard InChI is InChI=1S/C15H23N5O/c1-11(2)9-20-4-5-21-14(10-20)8-17-15-18-12(3)6-13(7-16)19-15/h6,11,14H,4-5,8-10H2,1-3H3,(H,17,18,19). The maximum atomic E-state index is 8.92. The molecule has 6 heteroatoms. The van der Waals surface area contributed by atoms with Crippen molar-refractivity contribution in [2.75, 3.05) is 38.1 Å². The Balaban J connectivity index is 1.88. The highest BCUT2D eigenvalue weighted by Gasteiger charge is 2.21. The van der Waals surface area contributed by atoms with Gasteiger partial charge in [-0.1, -0.05) is 13.8 Å². The number of ether oxygens (including phenoxy) is 1. The molecule has 0 aliphatic carbocycles. The number of nitrogens with one attached hydrogen (secondary N) is 1. The van der Waals surface area contributed by atoms with Gasteiger partial charge in [0.05, 0.1) is 12.7 Å². The first kappa shape index (κ1) is 15.7. The normalized spacial score (nSPS) is 19.5. The Labute approximate surface area is 126 Å². The van der Waals surface area contributed by atoms with Crippen LogP contribution in [0.15, 0.2) is 6.07 Å². The molecule has 1 fully saturated rings. The molecule has 2 rings (SSSR count). The van der Waals surface area contributed by atoms with E-state index in [1.165, 1.54) is 0 Å². The number of rotatable bonds is 5. The Morgan fingerprint density at radius 2 is 2.33 bits per heavy atom. The van der Waals surface area contributed by atoms with Crippen LogP contribution in [0.4, 0.5) is 5.95 Å². The fourth-order valence-electron chi connectivity index (χ4n) is 2.50. The fourth-order valence-corrected chi connectivity index (χ4v) is 2.50. The van der Waals surface area contributed by atoms with Crippen molar-refractivity contribution in [3.63, 3.8) is 0 Å². The average molecular weight is 289 g/mol. The highest BCUT2D eigenvalue weighted by molar-refractivity contribution is 5.33. The van der Waals surface area contributed by atoms with Gasteiger partial charge < -0.3 is 10.1 Å². The Kier molecular flexibility index (Phi) is 5.48. The second-order valence-electron chi connectivity index (χ2n) is 5.86. The molecule has 6 nitrogen and oxygen atoms in total. The number of anilines is 1. The largest absolute Gasteiger partial charge is 0.374 e. The zero-order valence-electron chi connectivity index (χ0n) is 13.0. The third-order valence-corrected chi connectivity index (χ3v) is 3.30. The zero-order valence-corrected chi connectivity index (χ0v) is 13.0. The van der Waals surface area contributed by atoms with Crippen LogP contribution in [0.25, 0.3) is 0 Å². The van der Waals surface area contributed by atoms with E-state index in [1.54, 1.807) is 6.07 Å². The van der Waals surface area contributed by atoms with Gasteiger partial charge in [0.2, 0.25) is 5.95 Å². The molecule has 1 saturated heterocycles. The summed E-state index contributed by atoms with van der Waals surface area (Å²) < 4.78 is 5.77. The topological polar surface area (TPSA) is 74.1 Å². The molecule has 1 aliphatic rings. The van der Waals surface area contributed by atoms with Crippen molar-refractivity contribution >= 4 is 5.95 Å². The monoisotopic (exact) mass is 289 g/mol. The van der Waals surface area contributed by atoms with Crippen molar-refractivity contribution < 1.29 is 4.74 Å². The average Bonchev–Trinajstić information content (AvgIpc) is 2.44. The Hall–Kier alpha value is -1.71. The fraction of sp³-hybridized carbons (Fsp3) is 0.667. The molecule has 0 amide bonds. The minimum atomic E-state index is 0.132. The van der Waals surface area contributed by atoms with Crippen LogP contribution >= 0.6 is 0 Å². The molecule has 114 valence electrons. The molecule has 2 heterocycles. The Morgan fingerprint density at radius 3 is 3.05 bits per heavy atom. The summed E-state index contributed by atoms with van der Waals surface area (Å²) in [6.45, 7) is 10.7. The van der Waals surface area contributed by atoms with E-state index in [-0.39, 0.29) is 6.10 Å². The summed E-state index contributed by atoms with van der Waals surface area (Å²) in [5, 5.41) is 12.1. The molecule has 0 radical (unpaired) electrons. The highest BCUT2D eigenvalue weighted by Crippen LogP contribution is 2.09. The van der Waals surface area contributed by atoms with E-state index in [4.69, 9.17) is 10.00 Å². The van der Waals surface area contributed by atoms with Crippen LogP contribution < -0.4 is 5.32 Å². The molecule has 21 heavy (non-hydrogen) atoms. The maximum absolute atomic E-state index is 8.92. The lowest BCUT2D eigenvalue weighted by molar-refractivity contribution is -0.0244. The molecule has 0 aromatic carbocycles. The van der Waals surface area contributed by atoms with E-state index < -0.39 is 0 Å². The molecular formula is C15H23N5O. The summed E-state index contributed by atoms with van der Waals surface area (Å²) in [4.78, 5) is 10.9. The first-order chi connectivity index (χ1) is 10.1. The van der Waals surface area contributed by atoms with Crippen LogP contribution in [0.3, 0.4) is 0 Å². The lowest BCUT2D eigenvalue weighted by Crippen LogP contribution is -2.46. The summed E-state index contributed by atoms with van der Waals surface area (Å²) in [7, 11) is 0. The number of nitrogens with zero attached hydrogens (tertiary/aromatic N) is 4. The Bertz CT molecular complexity index is 511. The van der Waals surface area contributed by atoms with E-state index in [0.29, 0.717) is 24.1 Å². The third kappa shape index (κ3) is 4.96. The second-order valence-corrected chi connectivity index (χ2v) is 5.86. The van der Waals surface area contributed by atoms with Gasteiger partial charge in [-0.05, 0) is 18.9 Å². The van der Waals surface area contributed by atoms with Crippen LogP contribution in [-0.4, -0.2) is 53.8 Å². The predicted octanol–water partition coefficient (Wildman–Crippen LogP) is 1.43. The first-order valence-electron chi connectivity index (χ1n) is 7.40. The van der Waals surface area contributed by atoms with Gasteiger partial charge in [0.1, 0.15) is 11.8 Å². The molecular weight excluding hydrogens is 266 g/mol. The number of nitriles is 1. The zero-order chi connectivity index (χ0) is 15.2. The number of aromatic nitrogens is 2. The van der Waals surface area contributed by atoms with Crippen LogP contribution in [-0.2, 0) is 4.74 Å². The summed E-state index contributed by atoms with van der Waals surface area (Å²) in [5.41, 5.74) is 1.17. The van der Waals surface area contributed by atoms with Crippen molar-refractivity contribution in [2.45, 2.75) is 26.9 Å². The van der Waals surface area contributed by atoms with Crippen molar-refractivity contribution in [3.05, 3.63) is 17.5 Å². The predicted molar refractivity (Wildman–Crippen MR) is 81.0 cm³/mol. The molecule has 1 unspecified atom stereocenters. The van der Waals surface area contributed by atoms with Gasteiger partial charge in [0.15, 0.2) is 0 Å². The minimum absolute atomic E-state index is 0.132. The van der Waals surface area contributed by atoms with Crippen molar-refractivity contribution in [1.82, 2.24) is 14.9 Å². The molecule has 1 aliphatic heterocycles. The molecule has 0 spiro atoms. The van der Waals surface area contributed by atoms with Gasteiger partial charge in [-0.15, -0.1) is 0 Å². The second kappa shape index (κ2) is 7.34. The summed E-state index contributed by atoms with van der Waals surface area (Å²) in [6, 6.07) is 3.72. The number of hydrogen-bond acceptors (Lipinski definition) is 6. The molecule has 1 atom stereocenters. The number of aryl methyl sites for hydroxylation is 1. The molecule has 1 aromatic heterocycles. The molecule has 0 bridgehead atoms. The van der Waals surface area contributed by atoms with Crippen LogP contribution in [0.5, 0.6) is 0 Å². The van der Waals surface area contributed by atoms with E-state index in [2.05, 4.69) is 34.0 Å². The minimum Gasteiger partial charge on any atom is -0.374 e. The van der Waals surface area contributed by atoms with Crippen LogP contribution in [0, 0.1) is 24.2 Å². The first-order valence-corrected chi connectivity index (χ1v) is 7.40. The summed E-state index contributed by atoms with van der Waals surface area (Å²) in [5.74, 6) is 1.16. The lowest BCUT2D eigenvalue weighted by Gasteiger charge is -2.33. The Morgan fingerprint density at radius 1 is 1.52 bits per heavy atom. The lowest BCUT2D eigenvalue weighted by atomic mass is 10.2. The van der Waals surface area contributed by atoms with Crippen LogP contribution in [0.1, 0.15) is 25.2 Å². The van der Waals surface area contributed by atoms with E-state index in [9.17, 15) is 0 Å². The van der Waals surface area contributed by atoms with Crippen molar-refractivity contribution in [3.8, 4) is 6.07 Å². The summed E-state index contributed by atoms with van der Waals surface area (Å²) >= 11 is 0. The smallest absolute Gasteiger partial charge is 0.224 e. The van der Waals surface area contributed by atoms with Crippen molar-refractivity contribution in [1.29, 1.82) is 5.26 Å². The van der Waals surface area contributed by atoms with Crippen molar-refractivity contribution in [2.24, 2.45) is 5.92 Å². The van der Waals surface area contributed by atoms with Crippen LogP contribution in [0.2, 0.25) is 0 Å². The molecule has 1 N–H and O–H groups in total. The SMILES string of the molecule is Cc1cc(C#N)nc(NCC2CN(CC(C)C)CCO2)n1. The number of hydrogen-bond donors (Lipinski definition) is 1. The summed E-state index contributed by atoms with van der Waals surface area (Å²) in [6.07, 6.45) is 0.132. The third-order valence-electron chi connectivity index (χ3n) is 3.30. The maximum Gasteiger partial charge on any atom is 0.224 e. The van der Waals surface area contributed by atoms with Gasteiger partial charge in [-0.25, -0.2) is 9.97 Å². The number of morpholine rings is 1. The molecule has 1 aromatic rings. The molecule has 0 saturated carbocycles. The van der Waals surface area contributed by atoms with Gasteiger partial charge in [-0.3, -0.25) is 4.90 Å².